The first-order valence-corrected chi connectivity index (χ1v) is 11.8. The van der Waals surface area contributed by atoms with E-state index in [1.807, 2.05) is 18.2 Å². The number of nitrogens with one attached hydrogen (secondary N) is 1. The predicted molar refractivity (Wildman–Crippen MR) is 128 cm³/mol. The van der Waals surface area contributed by atoms with E-state index in [0.717, 1.165) is 40.8 Å². The fourth-order valence-electron chi connectivity index (χ4n) is 4.14. The van der Waals surface area contributed by atoms with Crippen molar-refractivity contribution in [1.29, 1.82) is 0 Å². The Kier molecular flexibility index (Phi) is 8.07. The van der Waals surface area contributed by atoms with Crippen LogP contribution in [0.3, 0.4) is 0 Å². The fourth-order valence-corrected chi connectivity index (χ4v) is 5.16. The molecule has 6 nitrogen and oxygen atoms in total. The Hall–Kier alpha value is -2.67. The molecule has 1 N–H and O–H groups in total. The molecule has 0 saturated heterocycles. The zero-order valence-corrected chi connectivity index (χ0v) is 20.2. The van der Waals surface area contributed by atoms with Crippen LogP contribution in [0.25, 0.3) is 11.1 Å². The highest BCUT2D eigenvalue weighted by Crippen LogP contribution is 2.50. The van der Waals surface area contributed by atoms with Crippen LogP contribution in [0.15, 0.2) is 34.0 Å². The second-order valence-corrected chi connectivity index (χ2v) is 8.89. The Bertz CT molecular complexity index is 1050. The van der Waals surface area contributed by atoms with Gasteiger partial charge in [-0.15, -0.1) is 11.8 Å². The lowest BCUT2D eigenvalue weighted by molar-refractivity contribution is -0.119. The smallest absolute Gasteiger partial charge is 0.217 e. The molecule has 0 unspecified atom stereocenters. The summed E-state index contributed by atoms with van der Waals surface area (Å²) in [5.74, 6) is 2.41. The number of hydrogen-bond acceptors (Lipinski definition) is 6. The van der Waals surface area contributed by atoms with Gasteiger partial charge in [0.05, 0.1) is 32.3 Å². The number of rotatable bonds is 8. The molecule has 1 aliphatic carbocycles. The van der Waals surface area contributed by atoms with Gasteiger partial charge in [-0.1, -0.05) is 19.4 Å². The van der Waals surface area contributed by atoms with Crippen molar-refractivity contribution in [2.75, 3.05) is 27.1 Å². The summed E-state index contributed by atoms with van der Waals surface area (Å²) in [6.07, 6.45) is 3.46. The second kappa shape index (κ2) is 10.8. The first-order chi connectivity index (χ1) is 15.4. The third-order valence-corrected chi connectivity index (χ3v) is 6.77. The molecule has 1 atom stereocenters. The van der Waals surface area contributed by atoms with Crippen molar-refractivity contribution < 1.29 is 19.0 Å². The van der Waals surface area contributed by atoms with Gasteiger partial charge in [-0.05, 0) is 59.9 Å². The molecule has 0 radical (unpaired) electrons. The number of unbranched alkanes of at least 4 members (excludes halogenated alkanes) is 1. The van der Waals surface area contributed by atoms with E-state index in [4.69, 9.17) is 14.2 Å². The lowest BCUT2D eigenvalue weighted by Crippen LogP contribution is -2.26. The highest BCUT2D eigenvalue weighted by molar-refractivity contribution is 7.99. The van der Waals surface area contributed by atoms with Crippen LogP contribution in [0.2, 0.25) is 0 Å². The minimum absolute atomic E-state index is 0.0365. The molecule has 0 aliphatic heterocycles. The second-order valence-electron chi connectivity index (χ2n) is 7.75. The Balaban J connectivity index is 2.31. The van der Waals surface area contributed by atoms with Crippen molar-refractivity contribution in [2.45, 2.75) is 50.5 Å². The van der Waals surface area contributed by atoms with E-state index in [-0.39, 0.29) is 17.4 Å². The summed E-state index contributed by atoms with van der Waals surface area (Å²) in [5, 5.41) is 3.03. The Morgan fingerprint density at radius 1 is 1.12 bits per heavy atom. The maximum Gasteiger partial charge on any atom is 0.217 e. The van der Waals surface area contributed by atoms with Crippen LogP contribution < -0.4 is 25.0 Å². The minimum Gasteiger partial charge on any atom is -0.493 e. The molecule has 0 spiro atoms. The number of hydrogen-bond donors (Lipinski definition) is 1. The summed E-state index contributed by atoms with van der Waals surface area (Å²) < 4.78 is 17.0. The maximum absolute atomic E-state index is 13.1. The summed E-state index contributed by atoms with van der Waals surface area (Å²) in [6, 6.07) is 7.20. The van der Waals surface area contributed by atoms with Crippen molar-refractivity contribution in [3.05, 3.63) is 45.6 Å². The Morgan fingerprint density at radius 2 is 1.88 bits per heavy atom. The first-order valence-electron chi connectivity index (χ1n) is 10.8. The van der Waals surface area contributed by atoms with Gasteiger partial charge in [-0.3, -0.25) is 9.59 Å². The van der Waals surface area contributed by atoms with E-state index in [1.165, 1.54) is 6.92 Å². The monoisotopic (exact) mass is 457 g/mol. The zero-order valence-electron chi connectivity index (χ0n) is 19.4. The Morgan fingerprint density at radius 3 is 2.50 bits per heavy atom. The number of aryl methyl sites for hydroxylation is 1. The molecule has 32 heavy (non-hydrogen) atoms. The number of fused-ring (bicyclic) bond motifs is 3. The van der Waals surface area contributed by atoms with Crippen LogP contribution in [0.4, 0.5) is 0 Å². The number of ether oxygens (including phenoxy) is 3. The number of thioether (sulfide) groups is 1. The quantitative estimate of drug-likeness (QED) is 0.455. The molecule has 1 aliphatic rings. The van der Waals surface area contributed by atoms with Crippen molar-refractivity contribution in [3.8, 4) is 28.4 Å². The normalized spacial score (nSPS) is 14.6. The van der Waals surface area contributed by atoms with Crippen molar-refractivity contribution in [2.24, 2.45) is 0 Å². The number of benzene rings is 1. The van der Waals surface area contributed by atoms with Crippen LogP contribution in [-0.4, -0.2) is 33.0 Å². The zero-order chi connectivity index (χ0) is 23.3. The lowest BCUT2D eigenvalue weighted by Gasteiger charge is -2.19. The number of methoxy groups -OCH3 is 3. The van der Waals surface area contributed by atoms with Gasteiger partial charge >= 0.3 is 0 Å². The minimum atomic E-state index is -0.287. The molecule has 7 heteroatoms. The van der Waals surface area contributed by atoms with Gasteiger partial charge in [-0.2, -0.15) is 0 Å². The van der Waals surface area contributed by atoms with E-state index in [9.17, 15) is 9.59 Å². The summed E-state index contributed by atoms with van der Waals surface area (Å²) >= 11 is 1.57. The van der Waals surface area contributed by atoms with Gasteiger partial charge in [0.25, 0.3) is 0 Å². The number of amides is 1. The van der Waals surface area contributed by atoms with Crippen LogP contribution in [0, 0.1) is 0 Å². The van der Waals surface area contributed by atoms with Crippen molar-refractivity contribution >= 4 is 17.7 Å². The van der Waals surface area contributed by atoms with Crippen molar-refractivity contribution in [3.63, 3.8) is 0 Å². The van der Waals surface area contributed by atoms with E-state index >= 15 is 0 Å². The molecule has 172 valence electrons. The SMILES string of the molecule is CCCCSc1ccc2c(cc1=O)[C@@H](NC(C)=O)CCc1cc(OC)c(OC)c(OC)c1-2. The van der Waals surface area contributed by atoms with Gasteiger partial charge < -0.3 is 19.5 Å². The highest BCUT2D eigenvalue weighted by atomic mass is 32.2. The van der Waals surface area contributed by atoms with Gasteiger partial charge in [0, 0.05) is 12.5 Å². The molecule has 2 aromatic rings. The topological polar surface area (TPSA) is 73.9 Å². The van der Waals surface area contributed by atoms with Gasteiger partial charge in [-0.25, -0.2) is 0 Å². The van der Waals surface area contributed by atoms with Crippen LogP contribution in [0.1, 0.15) is 50.3 Å². The van der Waals surface area contributed by atoms with E-state index in [1.54, 1.807) is 39.2 Å². The van der Waals surface area contributed by atoms with Gasteiger partial charge in [0.2, 0.25) is 11.7 Å². The molecule has 1 amide bonds. The summed E-state index contributed by atoms with van der Waals surface area (Å²) in [4.78, 5) is 25.8. The Labute approximate surface area is 193 Å². The van der Waals surface area contributed by atoms with Crippen LogP contribution in [-0.2, 0) is 11.2 Å². The summed E-state index contributed by atoms with van der Waals surface area (Å²) in [6.45, 7) is 3.63. The van der Waals surface area contributed by atoms with Crippen molar-refractivity contribution in [1.82, 2.24) is 5.32 Å². The first kappa shape index (κ1) is 24.0. The molecule has 0 saturated carbocycles. The predicted octanol–water partition coefficient (Wildman–Crippen LogP) is 4.76. The maximum atomic E-state index is 13.1. The van der Waals surface area contributed by atoms with Crippen LogP contribution >= 0.6 is 11.8 Å². The molecule has 0 heterocycles. The summed E-state index contributed by atoms with van der Waals surface area (Å²) in [7, 11) is 4.77. The number of carbonyl (C=O) groups excluding carboxylic acids is 1. The third kappa shape index (κ3) is 4.88. The average molecular weight is 458 g/mol. The molecule has 0 aromatic heterocycles. The molecule has 3 rings (SSSR count). The number of carbonyl (C=O) groups is 1. The summed E-state index contributed by atoms with van der Waals surface area (Å²) in [5.41, 5.74) is 3.50. The standard InChI is InChI=1S/C25H31NO5S/c1-6-7-12-32-22-11-9-17-18(14-20(22)28)19(26-15(2)27)10-8-16-13-21(29-3)24(30-4)25(31-5)23(16)17/h9,11,13-14,19H,6-8,10,12H2,1-5H3,(H,26,27)/t19-/m0/s1. The highest BCUT2D eigenvalue weighted by Gasteiger charge is 2.29. The van der Waals surface area contributed by atoms with E-state index < -0.39 is 0 Å². The largest absolute Gasteiger partial charge is 0.493 e. The molecular weight excluding hydrogens is 426 g/mol. The molecular formula is C25H31NO5S. The average Bonchev–Trinajstić information content (AvgIpc) is 3.02. The van der Waals surface area contributed by atoms with Crippen LogP contribution in [0.5, 0.6) is 17.2 Å². The van der Waals surface area contributed by atoms with E-state index in [0.29, 0.717) is 35.0 Å². The molecule has 0 bridgehead atoms. The van der Waals surface area contributed by atoms with Gasteiger partial charge in [0.1, 0.15) is 0 Å². The van der Waals surface area contributed by atoms with Gasteiger partial charge in [0.15, 0.2) is 16.9 Å². The third-order valence-electron chi connectivity index (χ3n) is 5.63. The molecule has 2 aromatic carbocycles. The molecule has 0 fully saturated rings. The lowest BCUT2D eigenvalue weighted by atomic mass is 9.95. The fraction of sp³-hybridized carbons (Fsp3) is 0.440. The van der Waals surface area contributed by atoms with E-state index in [2.05, 4.69) is 12.2 Å².